The van der Waals surface area contributed by atoms with E-state index in [4.69, 9.17) is 14.2 Å². The molecule has 0 fully saturated rings. The van der Waals surface area contributed by atoms with Gasteiger partial charge in [-0.1, -0.05) is 223 Å². The molecule has 0 aromatic heterocycles. The van der Waals surface area contributed by atoms with E-state index in [1.54, 1.807) is 0 Å². The molecule has 0 aliphatic carbocycles. The third-order valence-corrected chi connectivity index (χ3v) is 11.9. The van der Waals surface area contributed by atoms with Crippen molar-refractivity contribution in [2.45, 2.75) is 284 Å². The van der Waals surface area contributed by atoms with Gasteiger partial charge < -0.3 is 14.2 Å². The molecule has 1 atom stereocenters. The number of allylic oxidation sites excluding steroid dienone is 10. The van der Waals surface area contributed by atoms with Gasteiger partial charge in [-0.2, -0.15) is 0 Å². The van der Waals surface area contributed by atoms with E-state index in [1.807, 2.05) is 0 Å². The number of carbonyl (C=O) groups is 3. The van der Waals surface area contributed by atoms with Gasteiger partial charge in [0.25, 0.3) is 0 Å². The van der Waals surface area contributed by atoms with E-state index in [0.717, 1.165) is 116 Å². The van der Waals surface area contributed by atoms with Crippen molar-refractivity contribution < 1.29 is 28.6 Å². The number of unbranched alkanes of at least 4 members (excludes halogenated alkanes) is 29. The molecule has 0 heterocycles. The summed E-state index contributed by atoms with van der Waals surface area (Å²) < 4.78 is 16.8. The zero-order valence-electron chi connectivity index (χ0n) is 43.0. The molecule has 65 heavy (non-hydrogen) atoms. The molecule has 0 saturated heterocycles. The largest absolute Gasteiger partial charge is 0.462 e. The van der Waals surface area contributed by atoms with Crippen LogP contribution in [0.5, 0.6) is 0 Å². The van der Waals surface area contributed by atoms with Crippen LogP contribution in [0.3, 0.4) is 0 Å². The maximum Gasteiger partial charge on any atom is 0.306 e. The van der Waals surface area contributed by atoms with E-state index in [-0.39, 0.29) is 31.1 Å². The zero-order chi connectivity index (χ0) is 47.2. The first-order valence-electron chi connectivity index (χ1n) is 27.8. The summed E-state index contributed by atoms with van der Waals surface area (Å²) in [5.74, 6) is -0.910. The second kappa shape index (κ2) is 53.7. The first kappa shape index (κ1) is 62.1. The predicted octanol–water partition coefficient (Wildman–Crippen LogP) is 18.4. The predicted molar refractivity (Wildman–Crippen MR) is 279 cm³/mol. The lowest BCUT2D eigenvalue weighted by Crippen LogP contribution is -2.30. The Balaban J connectivity index is 4.32. The molecule has 1 unspecified atom stereocenters. The highest BCUT2D eigenvalue weighted by Crippen LogP contribution is 2.15. The fourth-order valence-electron chi connectivity index (χ4n) is 7.75. The molecule has 0 N–H and O–H groups in total. The summed E-state index contributed by atoms with van der Waals surface area (Å²) in [5.41, 5.74) is 0. The standard InChI is InChI=1S/C59H104O6/c1-4-7-10-13-16-19-22-25-26-27-28-29-30-31-32-35-37-40-43-46-49-52-58(61)64-55-56(65-59(62)53-50-47-44-41-38-34-24-21-18-15-12-9-6-3)54-63-57(60)51-48-45-42-39-36-33-23-20-17-14-11-8-5-2/h11-12,14-15,20-21,23-24,27-28,56H,4-10,13,16-19,22,25-26,29-55H2,1-3H3/b14-11-,15-12-,23-20-,24-21-,28-27-. The van der Waals surface area contributed by atoms with Crippen LogP contribution in [-0.4, -0.2) is 37.2 Å². The first-order valence-corrected chi connectivity index (χ1v) is 27.8. The van der Waals surface area contributed by atoms with E-state index in [1.165, 1.54) is 122 Å². The minimum atomic E-state index is -0.787. The second-order valence-corrected chi connectivity index (χ2v) is 18.5. The van der Waals surface area contributed by atoms with E-state index >= 15 is 0 Å². The van der Waals surface area contributed by atoms with Crippen molar-refractivity contribution in [2.75, 3.05) is 13.2 Å². The third kappa shape index (κ3) is 51.9. The van der Waals surface area contributed by atoms with Gasteiger partial charge in [-0.3, -0.25) is 14.4 Å². The number of carbonyl (C=O) groups excluding carboxylic acids is 3. The van der Waals surface area contributed by atoms with Crippen molar-refractivity contribution in [3.8, 4) is 0 Å². The number of ether oxygens (including phenoxy) is 3. The molecule has 0 aliphatic rings. The van der Waals surface area contributed by atoms with Crippen LogP contribution in [0.1, 0.15) is 278 Å². The van der Waals surface area contributed by atoms with Gasteiger partial charge in [0.15, 0.2) is 6.10 Å². The molecule has 0 aromatic carbocycles. The van der Waals surface area contributed by atoms with Crippen molar-refractivity contribution >= 4 is 17.9 Å². The van der Waals surface area contributed by atoms with Crippen molar-refractivity contribution in [2.24, 2.45) is 0 Å². The van der Waals surface area contributed by atoms with Crippen molar-refractivity contribution in [3.05, 3.63) is 60.8 Å². The fourth-order valence-corrected chi connectivity index (χ4v) is 7.75. The van der Waals surface area contributed by atoms with E-state index in [0.29, 0.717) is 19.3 Å². The van der Waals surface area contributed by atoms with E-state index in [2.05, 4.69) is 81.5 Å². The van der Waals surface area contributed by atoms with Gasteiger partial charge in [0, 0.05) is 19.3 Å². The molecule has 0 rings (SSSR count). The zero-order valence-corrected chi connectivity index (χ0v) is 43.0. The molecular formula is C59H104O6. The molecule has 0 bridgehead atoms. The van der Waals surface area contributed by atoms with Gasteiger partial charge >= 0.3 is 17.9 Å². The maximum absolute atomic E-state index is 12.8. The monoisotopic (exact) mass is 909 g/mol. The lowest BCUT2D eigenvalue weighted by molar-refractivity contribution is -0.167. The van der Waals surface area contributed by atoms with Crippen molar-refractivity contribution in [3.63, 3.8) is 0 Å². The summed E-state index contributed by atoms with van der Waals surface area (Å²) in [6.07, 6.45) is 66.4. The van der Waals surface area contributed by atoms with Gasteiger partial charge in [-0.15, -0.1) is 0 Å². The van der Waals surface area contributed by atoms with Crippen LogP contribution in [0.15, 0.2) is 60.8 Å². The molecule has 0 aromatic rings. The second-order valence-electron chi connectivity index (χ2n) is 18.5. The molecule has 6 nitrogen and oxygen atoms in total. The molecule has 0 radical (unpaired) electrons. The Labute approximate surface area is 402 Å². The molecule has 0 aliphatic heterocycles. The summed E-state index contributed by atoms with van der Waals surface area (Å²) >= 11 is 0. The average molecular weight is 909 g/mol. The molecular weight excluding hydrogens is 805 g/mol. The Hall–Kier alpha value is -2.89. The van der Waals surface area contributed by atoms with Gasteiger partial charge in [-0.05, 0) is 96.3 Å². The topological polar surface area (TPSA) is 78.9 Å². The Kier molecular flexibility index (Phi) is 51.3. The summed E-state index contributed by atoms with van der Waals surface area (Å²) in [6.45, 7) is 6.50. The number of rotatable bonds is 50. The van der Waals surface area contributed by atoms with Crippen LogP contribution in [0, 0.1) is 0 Å². The summed E-state index contributed by atoms with van der Waals surface area (Å²) in [6, 6.07) is 0. The Morgan fingerprint density at radius 1 is 0.308 bits per heavy atom. The summed E-state index contributed by atoms with van der Waals surface area (Å²) in [5, 5.41) is 0. The first-order chi connectivity index (χ1) is 32.0. The molecule has 376 valence electrons. The Morgan fingerprint density at radius 3 is 0.923 bits per heavy atom. The average Bonchev–Trinajstić information content (AvgIpc) is 3.30. The van der Waals surface area contributed by atoms with Gasteiger partial charge in [0.05, 0.1) is 0 Å². The maximum atomic E-state index is 12.8. The summed E-state index contributed by atoms with van der Waals surface area (Å²) in [7, 11) is 0. The fraction of sp³-hybridized carbons (Fsp3) is 0.780. The molecule has 0 spiro atoms. The minimum absolute atomic E-state index is 0.0850. The van der Waals surface area contributed by atoms with Crippen molar-refractivity contribution in [1.29, 1.82) is 0 Å². The van der Waals surface area contributed by atoms with Crippen LogP contribution in [-0.2, 0) is 28.6 Å². The lowest BCUT2D eigenvalue weighted by Gasteiger charge is -2.18. The van der Waals surface area contributed by atoms with E-state index in [9.17, 15) is 14.4 Å². The highest BCUT2D eigenvalue weighted by Gasteiger charge is 2.19. The number of hydrogen-bond acceptors (Lipinski definition) is 6. The van der Waals surface area contributed by atoms with Crippen LogP contribution < -0.4 is 0 Å². The Morgan fingerprint density at radius 2 is 0.585 bits per heavy atom. The van der Waals surface area contributed by atoms with Gasteiger partial charge in [-0.25, -0.2) is 0 Å². The van der Waals surface area contributed by atoms with Crippen LogP contribution in [0.4, 0.5) is 0 Å². The lowest BCUT2D eigenvalue weighted by atomic mass is 10.1. The van der Waals surface area contributed by atoms with E-state index < -0.39 is 6.10 Å². The Bertz CT molecular complexity index is 1180. The quantitative estimate of drug-likeness (QED) is 0.0262. The SMILES string of the molecule is CCC/C=C\C/C=C\CCCCCCCC(=O)OCC(COC(=O)CCCCCCCCCCC/C=C\CCCCCCCCCC)OC(=O)CCCCCCC/C=C\C/C=C\CCC. The minimum Gasteiger partial charge on any atom is -0.462 e. The van der Waals surface area contributed by atoms with Gasteiger partial charge in [0.1, 0.15) is 13.2 Å². The molecule has 0 amide bonds. The summed E-state index contributed by atoms with van der Waals surface area (Å²) in [4.78, 5) is 38.0. The highest BCUT2D eigenvalue weighted by molar-refractivity contribution is 5.71. The van der Waals surface area contributed by atoms with Crippen LogP contribution >= 0.6 is 0 Å². The molecule has 6 heteroatoms. The number of hydrogen-bond donors (Lipinski definition) is 0. The van der Waals surface area contributed by atoms with Crippen LogP contribution in [0.2, 0.25) is 0 Å². The molecule has 0 saturated carbocycles. The highest BCUT2D eigenvalue weighted by atomic mass is 16.6. The third-order valence-electron chi connectivity index (χ3n) is 11.9. The number of esters is 3. The van der Waals surface area contributed by atoms with Crippen LogP contribution in [0.25, 0.3) is 0 Å². The van der Waals surface area contributed by atoms with Gasteiger partial charge in [0.2, 0.25) is 0 Å². The normalized spacial score (nSPS) is 12.5. The van der Waals surface area contributed by atoms with Crippen molar-refractivity contribution in [1.82, 2.24) is 0 Å². The smallest absolute Gasteiger partial charge is 0.306 e.